The van der Waals surface area contributed by atoms with Crippen LogP contribution in [0.15, 0.2) is 46.4 Å². The van der Waals surface area contributed by atoms with E-state index in [4.69, 9.17) is 0 Å². The average Bonchev–Trinajstić information content (AvgIpc) is 2.40. The molecule has 102 valence electrons. The summed E-state index contributed by atoms with van der Waals surface area (Å²) in [4.78, 5) is 2.49. The van der Waals surface area contributed by atoms with Crippen molar-refractivity contribution in [3.05, 3.63) is 42.0 Å². The van der Waals surface area contributed by atoms with Gasteiger partial charge in [0, 0.05) is 6.21 Å². The molecule has 0 fully saturated rings. The zero-order valence-electron chi connectivity index (χ0n) is 10.9. The first-order chi connectivity index (χ1) is 9.08. The van der Waals surface area contributed by atoms with Crippen molar-refractivity contribution in [1.82, 2.24) is 4.83 Å². The number of aryl methyl sites for hydroxylation is 1. The van der Waals surface area contributed by atoms with Crippen molar-refractivity contribution >= 4 is 16.2 Å². The van der Waals surface area contributed by atoms with Gasteiger partial charge in [-0.1, -0.05) is 29.8 Å². The first-order valence-electron chi connectivity index (χ1n) is 6.34. The Morgan fingerprint density at radius 1 is 1.26 bits per heavy atom. The zero-order chi connectivity index (χ0) is 13.7. The maximum absolute atomic E-state index is 11.9. The van der Waals surface area contributed by atoms with E-state index < -0.39 is 10.0 Å². The summed E-state index contributed by atoms with van der Waals surface area (Å²) in [6.07, 6.45) is 8.91. The molecule has 4 nitrogen and oxygen atoms in total. The molecular weight excluding hydrogens is 260 g/mol. The summed E-state index contributed by atoms with van der Waals surface area (Å²) in [5, 5.41) is 3.87. The van der Waals surface area contributed by atoms with E-state index in [1.807, 2.05) is 6.92 Å². The molecule has 1 atom stereocenters. The molecule has 0 heterocycles. The largest absolute Gasteiger partial charge is 0.276 e. The molecule has 0 spiro atoms. The molecule has 0 aliphatic heterocycles. The second kappa shape index (κ2) is 6.02. The number of hydrogen-bond donors (Lipinski definition) is 1. The minimum Gasteiger partial charge on any atom is -0.200 e. The van der Waals surface area contributed by atoms with Crippen LogP contribution >= 0.6 is 0 Å². The molecule has 19 heavy (non-hydrogen) atoms. The van der Waals surface area contributed by atoms with Gasteiger partial charge >= 0.3 is 0 Å². The molecule has 2 rings (SSSR count). The van der Waals surface area contributed by atoms with Crippen LogP contribution in [0.3, 0.4) is 0 Å². The van der Waals surface area contributed by atoms with Crippen molar-refractivity contribution in [1.29, 1.82) is 0 Å². The number of sulfonamides is 1. The Hall–Kier alpha value is -1.62. The fraction of sp³-hybridized carbons (Fsp3) is 0.357. The number of hydrazone groups is 1. The maximum atomic E-state index is 11.9. The van der Waals surface area contributed by atoms with Crippen molar-refractivity contribution in [3.8, 4) is 0 Å². The molecule has 0 saturated heterocycles. The summed E-state index contributed by atoms with van der Waals surface area (Å²) in [6.45, 7) is 1.92. The highest BCUT2D eigenvalue weighted by Crippen LogP contribution is 2.16. The van der Waals surface area contributed by atoms with E-state index in [9.17, 15) is 8.42 Å². The van der Waals surface area contributed by atoms with E-state index >= 15 is 0 Å². The van der Waals surface area contributed by atoms with E-state index in [0.717, 1.165) is 24.8 Å². The molecule has 0 amide bonds. The van der Waals surface area contributed by atoms with Gasteiger partial charge < -0.3 is 0 Å². The predicted octanol–water partition coefficient (Wildman–Crippen LogP) is 2.62. The average molecular weight is 278 g/mol. The second-order valence-electron chi connectivity index (χ2n) is 4.73. The zero-order valence-corrected chi connectivity index (χ0v) is 11.7. The molecular formula is C14H18N2O2S. The van der Waals surface area contributed by atoms with Crippen LogP contribution < -0.4 is 4.83 Å². The molecule has 5 heteroatoms. The smallest absolute Gasteiger partial charge is 0.200 e. The Bertz CT molecular complexity index is 574. The Morgan fingerprint density at radius 2 is 2.00 bits per heavy atom. The molecule has 1 aromatic carbocycles. The van der Waals surface area contributed by atoms with Crippen molar-refractivity contribution in [2.75, 3.05) is 0 Å². The lowest BCUT2D eigenvalue weighted by molar-refractivity contribution is 0.582. The van der Waals surface area contributed by atoms with Crippen LogP contribution in [0.1, 0.15) is 24.8 Å². The van der Waals surface area contributed by atoms with Gasteiger partial charge in [-0.3, -0.25) is 0 Å². The summed E-state index contributed by atoms with van der Waals surface area (Å²) >= 11 is 0. The number of benzene rings is 1. The number of rotatable bonds is 4. The standard InChI is InChI=1S/C14H18N2O2S/c1-12-7-9-14(10-8-12)19(17,18)16-15-11-13-5-3-2-4-6-13/h2-3,7-11,13,16H,4-6H2,1H3/b15-11+. The van der Waals surface area contributed by atoms with Crippen molar-refractivity contribution in [2.24, 2.45) is 11.0 Å². The molecule has 1 N–H and O–H groups in total. The number of nitrogens with one attached hydrogen (secondary N) is 1. The predicted molar refractivity (Wildman–Crippen MR) is 76.5 cm³/mol. The molecule has 0 saturated carbocycles. The third kappa shape index (κ3) is 3.92. The first kappa shape index (κ1) is 13.8. The Labute approximate surface area is 114 Å². The molecule has 0 radical (unpaired) electrons. The van der Waals surface area contributed by atoms with Gasteiger partial charge in [0.05, 0.1) is 4.90 Å². The lowest BCUT2D eigenvalue weighted by atomic mass is 9.96. The third-order valence-corrected chi connectivity index (χ3v) is 4.34. The van der Waals surface area contributed by atoms with Gasteiger partial charge in [-0.2, -0.15) is 13.5 Å². The van der Waals surface area contributed by atoms with E-state index in [2.05, 4.69) is 22.1 Å². The van der Waals surface area contributed by atoms with E-state index in [0.29, 0.717) is 5.92 Å². The topological polar surface area (TPSA) is 58.5 Å². The van der Waals surface area contributed by atoms with Crippen LogP contribution in [0.25, 0.3) is 0 Å². The lowest BCUT2D eigenvalue weighted by Gasteiger charge is -2.12. The van der Waals surface area contributed by atoms with Gasteiger partial charge in [-0.25, -0.2) is 4.83 Å². The lowest BCUT2D eigenvalue weighted by Crippen LogP contribution is -2.19. The molecule has 1 aliphatic rings. The van der Waals surface area contributed by atoms with Crippen molar-refractivity contribution < 1.29 is 8.42 Å². The maximum Gasteiger partial charge on any atom is 0.276 e. The van der Waals surface area contributed by atoms with Crippen LogP contribution in [0.4, 0.5) is 0 Å². The molecule has 1 unspecified atom stereocenters. The minimum absolute atomic E-state index is 0.235. The van der Waals surface area contributed by atoms with Gasteiger partial charge in [0.2, 0.25) is 0 Å². The van der Waals surface area contributed by atoms with E-state index in [1.165, 1.54) is 0 Å². The Morgan fingerprint density at radius 3 is 2.63 bits per heavy atom. The van der Waals surface area contributed by atoms with E-state index in [-0.39, 0.29) is 4.90 Å². The highest BCUT2D eigenvalue weighted by Gasteiger charge is 2.12. The number of hydrogen-bond acceptors (Lipinski definition) is 3. The van der Waals surface area contributed by atoms with Crippen LogP contribution in [0.2, 0.25) is 0 Å². The normalized spacial score (nSPS) is 19.7. The van der Waals surface area contributed by atoms with Gasteiger partial charge in [0.15, 0.2) is 0 Å². The SMILES string of the molecule is Cc1ccc(S(=O)(=O)N/N=C/C2CC=CCC2)cc1. The number of allylic oxidation sites excluding steroid dienone is 2. The van der Waals surface area contributed by atoms with Gasteiger partial charge in [0.25, 0.3) is 10.0 Å². The Balaban J connectivity index is 1.99. The van der Waals surface area contributed by atoms with Crippen LogP contribution in [-0.2, 0) is 10.0 Å². The van der Waals surface area contributed by atoms with Crippen molar-refractivity contribution in [3.63, 3.8) is 0 Å². The summed E-state index contributed by atoms with van der Waals surface area (Å²) < 4.78 is 23.9. The fourth-order valence-electron chi connectivity index (χ4n) is 1.93. The fourth-order valence-corrected chi connectivity index (χ4v) is 2.73. The monoisotopic (exact) mass is 278 g/mol. The quantitative estimate of drug-likeness (QED) is 0.523. The van der Waals surface area contributed by atoms with E-state index in [1.54, 1.807) is 30.5 Å². The summed E-state index contributed by atoms with van der Waals surface area (Å²) in [6, 6.07) is 6.70. The minimum atomic E-state index is -3.54. The summed E-state index contributed by atoms with van der Waals surface area (Å²) in [5.41, 5.74) is 1.02. The Kier molecular flexibility index (Phi) is 4.37. The first-order valence-corrected chi connectivity index (χ1v) is 7.83. The summed E-state index contributed by atoms with van der Waals surface area (Å²) in [5.74, 6) is 0.325. The van der Waals surface area contributed by atoms with Gasteiger partial charge in [-0.15, -0.1) is 0 Å². The molecule has 1 aliphatic carbocycles. The highest BCUT2D eigenvalue weighted by atomic mass is 32.2. The molecule has 0 bridgehead atoms. The van der Waals surface area contributed by atoms with Crippen molar-refractivity contribution in [2.45, 2.75) is 31.1 Å². The summed E-state index contributed by atoms with van der Waals surface area (Å²) in [7, 11) is -3.54. The van der Waals surface area contributed by atoms with Crippen LogP contribution in [0.5, 0.6) is 0 Å². The third-order valence-electron chi connectivity index (χ3n) is 3.10. The van der Waals surface area contributed by atoms with Gasteiger partial charge in [-0.05, 0) is 44.2 Å². The van der Waals surface area contributed by atoms with Crippen LogP contribution in [-0.4, -0.2) is 14.6 Å². The number of nitrogens with zero attached hydrogens (tertiary/aromatic N) is 1. The molecule has 0 aromatic heterocycles. The van der Waals surface area contributed by atoms with Gasteiger partial charge in [0.1, 0.15) is 0 Å². The highest BCUT2D eigenvalue weighted by molar-refractivity contribution is 7.89. The van der Waals surface area contributed by atoms with Crippen LogP contribution in [0, 0.1) is 12.8 Å². The molecule has 1 aromatic rings. The second-order valence-corrected chi connectivity index (χ2v) is 6.39.